The van der Waals surface area contributed by atoms with E-state index in [2.05, 4.69) is 17.9 Å². The predicted molar refractivity (Wildman–Crippen MR) is 80.0 cm³/mol. The van der Waals surface area contributed by atoms with Crippen LogP contribution in [0.5, 0.6) is 0 Å². The highest BCUT2D eigenvalue weighted by atomic mass is 32.2. The minimum atomic E-state index is -0.0933. The molecule has 0 bridgehead atoms. The van der Waals surface area contributed by atoms with Crippen molar-refractivity contribution in [2.45, 2.75) is 32.4 Å². The van der Waals surface area contributed by atoms with Gasteiger partial charge in [-0.25, -0.2) is 0 Å². The van der Waals surface area contributed by atoms with Gasteiger partial charge in [0.2, 0.25) is 5.91 Å². The van der Waals surface area contributed by atoms with Gasteiger partial charge in [0.1, 0.15) is 0 Å². The third-order valence-corrected chi connectivity index (χ3v) is 4.86. The van der Waals surface area contributed by atoms with Gasteiger partial charge in [0.15, 0.2) is 0 Å². The normalized spacial score (nSPS) is 21.7. The number of nitrogens with zero attached hydrogens (tertiary/aromatic N) is 3. The smallest absolute Gasteiger partial charge is 0.236 e. The average molecular weight is 283 g/mol. The maximum atomic E-state index is 12.3. The number of carbonyl (C=O) groups is 1. The van der Waals surface area contributed by atoms with E-state index in [1.54, 1.807) is 4.90 Å². The lowest BCUT2D eigenvalue weighted by Gasteiger charge is -2.33. The van der Waals surface area contributed by atoms with Gasteiger partial charge in [-0.15, -0.1) is 0 Å². The number of carbonyl (C=O) groups excluding carboxylic acids is 1. The van der Waals surface area contributed by atoms with Gasteiger partial charge < -0.3 is 4.90 Å². The molecule has 2 atom stereocenters. The molecule has 0 aromatic heterocycles. The highest BCUT2D eigenvalue weighted by molar-refractivity contribution is 8.00. The average Bonchev–Trinajstić information content (AvgIpc) is 2.44. The van der Waals surface area contributed by atoms with Crippen LogP contribution in [0.25, 0.3) is 0 Å². The molecule has 5 heteroatoms. The Balaban J connectivity index is 2.45. The second-order valence-corrected chi connectivity index (χ2v) is 6.51. The number of rotatable bonds is 6. The quantitative estimate of drug-likeness (QED) is 0.746. The number of hydrogen-bond donors (Lipinski definition) is 0. The summed E-state index contributed by atoms with van der Waals surface area (Å²) >= 11 is 2.01. The lowest BCUT2D eigenvalue weighted by Crippen LogP contribution is -2.46. The van der Waals surface area contributed by atoms with E-state index in [-0.39, 0.29) is 11.8 Å². The van der Waals surface area contributed by atoms with Crippen molar-refractivity contribution in [3.8, 4) is 6.07 Å². The van der Waals surface area contributed by atoms with Crippen LogP contribution >= 0.6 is 11.8 Å². The van der Waals surface area contributed by atoms with E-state index in [0.717, 1.165) is 25.3 Å². The number of thioether (sulfide) groups is 1. The van der Waals surface area contributed by atoms with Crippen LogP contribution in [0.15, 0.2) is 0 Å². The summed E-state index contributed by atoms with van der Waals surface area (Å²) in [5.74, 6) is 1.18. The molecule has 0 aliphatic carbocycles. The Morgan fingerprint density at radius 2 is 2.32 bits per heavy atom. The first-order valence-corrected chi connectivity index (χ1v) is 8.16. The maximum absolute atomic E-state index is 12.3. The molecule has 0 radical (unpaired) electrons. The number of amides is 1. The van der Waals surface area contributed by atoms with Gasteiger partial charge in [0, 0.05) is 37.2 Å². The minimum Gasteiger partial charge on any atom is -0.341 e. The maximum Gasteiger partial charge on any atom is 0.236 e. The van der Waals surface area contributed by atoms with Crippen molar-refractivity contribution in [3.05, 3.63) is 0 Å². The first-order valence-electron chi connectivity index (χ1n) is 7.12. The van der Waals surface area contributed by atoms with Crippen molar-refractivity contribution in [1.29, 1.82) is 5.26 Å². The lowest BCUT2D eigenvalue weighted by molar-refractivity contribution is -0.132. The molecular formula is C14H25N3OS. The van der Waals surface area contributed by atoms with Gasteiger partial charge in [0.05, 0.1) is 18.5 Å². The second-order valence-electron chi connectivity index (χ2n) is 5.10. The Morgan fingerprint density at radius 1 is 1.58 bits per heavy atom. The topological polar surface area (TPSA) is 47.3 Å². The van der Waals surface area contributed by atoms with Gasteiger partial charge in [-0.1, -0.05) is 6.92 Å². The van der Waals surface area contributed by atoms with E-state index >= 15 is 0 Å². The molecule has 1 heterocycles. The van der Waals surface area contributed by atoms with Crippen molar-refractivity contribution in [2.75, 3.05) is 38.5 Å². The molecule has 1 amide bonds. The Bertz CT molecular complexity index is 329. The number of nitriles is 1. The standard InChI is InChI=1S/C14H25N3OS/c1-4-13-10-16(6-7-19-13)11-14(18)17(5-2)9-12(3)8-15/h12-13H,4-7,9-11H2,1-3H3/t12-,13-/m0/s1. The van der Waals surface area contributed by atoms with Crippen LogP contribution in [0.4, 0.5) is 0 Å². The lowest BCUT2D eigenvalue weighted by atomic mass is 10.2. The van der Waals surface area contributed by atoms with Crippen LogP contribution < -0.4 is 0 Å². The fourth-order valence-electron chi connectivity index (χ4n) is 2.24. The van der Waals surface area contributed by atoms with E-state index in [0.29, 0.717) is 24.9 Å². The monoisotopic (exact) mass is 283 g/mol. The number of likely N-dealkylation sites (N-methyl/N-ethyl adjacent to an activating group) is 1. The van der Waals surface area contributed by atoms with Crippen molar-refractivity contribution in [3.63, 3.8) is 0 Å². The third-order valence-electron chi connectivity index (χ3n) is 3.49. The summed E-state index contributed by atoms with van der Waals surface area (Å²) in [5, 5.41) is 9.51. The molecule has 1 aliphatic heterocycles. The summed E-state index contributed by atoms with van der Waals surface area (Å²) in [6.07, 6.45) is 1.16. The number of hydrogen-bond acceptors (Lipinski definition) is 4. The van der Waals surface area contributed by atoms with Gasteiger partial charge in [0.25, 0.3) is 0 Å². The first kappa shape index (κ1) is 16.3. The molecule has 0 unspecified atom stereocenters. The van der Waals surface area contributed by atoms with E-state index in [1.165, 1.54) is 0 Å². The largest absolute Gasteiger partial charge is 0.341 e. The van der Waals surface area contributed by atoms with Crippen LogP contribution in [-0.2, 0) is 4.79 Å². The zero-order valence-electron chi connectivity index (χ0n) is 12.3. The molecule has 4 nitrogen and oxygen atoms in total. The molecule has 1 saturated heterocycles. The third kappa shape index (κ3) is 5.42. The van der Waals surface area contributed by atoms with E-state index in [1.807, 2.05) is 25.6 Å². The van der Waals surface area contributed by atoms with Crippen molar-refractivity contribution in [2.24, 2.45) is 5.92 Å². The molecule has 1 fully saturated rings. The van der Waals surface area contributed by atoms with Crippen molar-refractivity contribution >= 4 is 17.7 Å². The fraction of sp³-hybridized carbons (Fsp3) is 0.857. The Kier molecular flexibility index (Phi) is 7.25. The molecule has 1 rings (SSSR count). The molecule has 0 aromatic carbocycles. The molecule has 19 heavy (non-hydrogen) atoms. The van der Waals surface area contributed by atoms with Gasteiger partial charge in [-0.2, -0.15) is 17.0 Å². The Morgan fingerprint density at radius 3 is 2.89 bits per heavy atom. The fourth-order valence-corrected chi connectivity index (χ4v) is 3.49. The summed E-state index contributed by atoms with van der Waals surface area (Å²) in [7, 11) is 0. The van der Waals surface area contributed by atoms with Crippen LogP contribution in [0.1, 0.15) is 27.2 Å². The first-order chi connectivity index (χ1) is 9.10. The van der Waals surface area contributed by atoms with Crippen LogP contribution in [0.2, 0.25) is 0 Å². The molecular weight excluding hydrogens is 258 g/mol. The molecule has 0 saturated carbocycles. The van der Waals surface area contributed by atoms with Crippen LogP contribution in [0.3, 0.4) is 0 Å². The van der Waals surface area contributed by atoms with E-state index in [4.69, 9.17) is 5.26 Å². The predicted octanol–water partition coefficient (Wildman–Crippen LogP) is 1.82. The summed E-state index contributed by atoms with van der Waals surface area (Å²) < 4.78 is 0. The molecule has 0 N–H and O–H groups in total. The SMILES string of the molecule is CC[C@H]1CN(CC(=O)N(CC)C[C@@H](C)C#N)CCS1. The zero-order valence-corrected chi connectivity index (χ0v) is 13.1. The highest BCUT2D eigenvalue weighted by Gasteiger charge is 2.23. The summed E-state index contributed by atoms with van der Waals surface area (Å²) in [4.78, 5) is 16.3. The summed E-state index contributed by atoms with van der Waals surface area (Å²) in [6.45, 7) is 9.79. The van der Waals surface area contributed by atoms with Crippen LogP contribution in [0, 0.1) is 17.2 Å². The second kappa shape index (κ2) is 8.44. The van der Waals surface area contributed by atoms with Gasteiger partial charge >= 0.3 is 0 Å². The highest BCUT2D eigenvalue weighted by Crippen LogP contribution is 2.20. The van der Waals surface area contributed by atoms with E-state index in [9.17, 15) is 4.79 Å². The Hall–Kier alpha value is -0.730. The van der Waals surface area contributed by atoms with Crippen LogP contribution in [-0.4, -0.2) is 59.4 Å². The molecule has 1 aliphatic rings. The summed E-state index contributed by atoms with van der Waals surface area (Å²) in [5.41, 5.74) is 0. The Labute approximate surface area is 121 Å². The van der Waals surface area contributed by atoms with Crippen molar-refractivity contribution in [1.82, 2.24) is 9.80 Å². The summed E-state index contributed by atoms with van der Waals surface area (Å²) in [6, 6.07) is 2.19. The minimum absolute atomic E-state index is 0.0933. The molecule has 0 spiro atoms. The van der Waals surface area contributed by atoms with E-state index < -0.39 is 0 Å². The molecule has 108 valence electrons. The van der Waals surface area contributed by atoms with Crippen molar-refractivity contribution < 1.29 is 4.79 Å². The van der Waals surface area contributed by atoms with Gasteiger partial charge in [-0.3, -0.25) is 9.69 Å². The zero-order chi connectivity index (χ0) is 14.3. The molecule has 0 aromatic rings. The van der Waals surface area contributed by atoms with Gasteiger partial charge in [-0.05, 0) is 20.3 Å².